The van der Waals surface area contributed by atoms with E-state index in [1.165, 1.54) is 0 Å². The molecule has 4 aromatic rings. The number of rotatable bonds is 5. The van der Waals surface area contributed by atoms with Gasteiger partial charge in [0, 0.05) is 22.7 Å². The van der Waals surface area contributed by atoms with Crippen molar-refractivity contribution in [3.63, 3.8) is 0 Å². The number of benzene rings is 2. The average Bonchev–Trinajstić information content (AvgIpc) is 3.24. The lowest BCUT2D eigenvalue weighted by Gasteiger charge is -2.14. The Bertz CT molecular complexity index is 1110. The van der Waals surface area contributed by atoms with Crippen LogP contribution in [0.3, 0.4) is 0 Å². The highest BCUT2D eigenvalue weighted by Crippen LogP contribution is 2.25. The zero-order chi connectivity index (χ0) is 19.0. The van der Waals surface area contributed by atoms with Crippen molar-refractivity contribution in [2.75, 3.05) is 5.32 Å². The van der Waals surface area contributed by atoms with Crippen molar-refractivity contribution in [3.8, 4) is 5.69 Å². The van der Waals surface area contributed by atoms with Crippen molar-refractivity contribution in [2.45, 2.75) is 26.8 Å². The van der Waals surface area contributed by atoms with Crippen LogP contribution in [0, 0.1) is 13.8 Å². The molecule has 2 heterocycles. The van der Waals surface area contributed by atoms with E-state index in [0.29, 0.717) is 5.56 Å². The summed E-state index contributed by atoms with van der Waals surface area (Å²) in [5, 5.41) is 8.97. The number of H-pyrrole nitrogens is 1. The number of nitrogens with one attached hydrogen (secondary N) is 2. The largest absolute Gasteiger partial charge is 0.372 e. The van der Waals surface area contributed by atoms with Gasteiger partial charge in [0.15, 0.2) is 5.78 Å². The monoisotopic (exact) mass is 358 g/mol. The maximum absolute atomic E-state index is 13.0. The zero-order valence-electron chi connectivity index (χ0n) is 15.7. The molecular formula is C22H22N4O. The van der Waals surface area contributed by atoms with Crippen LogP contribution in [0.1, 0.15) is 28.7 Å². The summed E-state index contributed by atoms with van der Waals surface area (Å²) in [5.41, 5.74) is 5.43. The first-order valence-electron chi connectivity index (χ1n) is 9.05. The zero-order valence-corrected chi connectivity index (χ0v) is 15.7. The highest BCUT2D eigenvalue weighted by atomic mass is 16.1. The quantitative estimate of drug-likeness (QED) is 0.510. The minimum absolute atomic E-state index is 0.0544. The van der Waals surface area contributed by atoms with Crippen LogP contribution in [-0.2, 0) is 0 Å². The molecule has 2 aromatic carbocycles. The van der Waals surface area contributed by atoms with Gasteiger partial charge in [0.1, 0.15) is 0 Å². The summed E-state index contributed by atoms with van der Waals surface area (Å²) in [6, 6.07) is 17.5. The molecule has 2 N–H and O–H groups in total. The van der Waals surface area contributed by atoms with Gasteiger partial charge in [-0.15, -0.1) is 0 Å². The number of hydrogen-bond donors (Lipinski definition) is 2. The number of hydrogen-bond acceptors (Lipinski definition) is 3. The SMILES string of the molecule is Cc1nn(-c2ccccc2)c(C)c1N[C@H](C)C(=O)c1c[nH]c2ccccc12. The van der Waals surface area contributed by atoms with Gasteiger partial charge in [-0.3, -0.25) is 4.79 Å². The molecule has 2 aromatic heterocycles. The molecule has 0 aliphatic heterocycles. The van der Waals surface area contributed by atoms with Crippen molar-refractivity contribution in [1.82, 2.24) is 14.8 Å². The van der Waals surface area contributed by atoms with Crippen molar-refractivity contribution in [2.24, 2.45) is 0 Å². The number of para-hydroxylation sites is 2. The molecule has 0 aliphatic carbocycles. The Morgan fingerprint density at radius 1 is 1.07 bits per heavy atom. The second-order valence-corrected chi connectivity index (χ2v) is 6.77. The number of anilines is 1. The Morgan fingerprint density at radius 3 is 2.56 bits per heavy atom. The minimum Gasteiger partial charge on any atom is -0.372 e. The number of nitrogens with zero attached hydrogens (tertiary/aromatic N) is 2. The van der Waals surface area contributed by atoms with E-state index < -0.39 is 0 Å². The Morgan fingerprint density at radius 2 is 1.78 bits per heavy atom. The Kier molecular flexibility index (Phi) is 4.28. The summed E-state index contributed by atoms with van der Waals surface area (Å²) in [6.45, 7) is 5.86. The van der Waals surface area contributed by atoms with E-state index in [0.717, 1.165) is 33.7 Å². The molecule has 136 valence electrons. The van der Waals surface area contributed by atoms with Gasteiger partial charge in [0.05, 0.1) is 28.8 Å². The van der Waals surface area contributed by atoms with Crippen molar-refractivity contribution < 1.29 is 4.79 Å². The molecule has 0 saturated carbocycles. The van der Waals surface area contributed by atoms with Crippen LogP contribution in [0.25, 0.3) is 16.6 Å². The van der Waals surface area contributed by atoms with E-state index >= 15 is 0 Å². The maximum atomic E-state index is 13.0. The Balaban J connectivity index is 1.62. The number of fused-ring (bicyclic) bond motifs is 1. The number of aromatic amines is 1. The van der Waals surface area contributed by atoms with Gasteiger partial charge in [-0.2, -0.15) is 5.10 Å². The number of carbonyl (C=O) groups is 1. The predicted octanol–water partition coefficient (Wildman–Crippen LogP) is 4.65. The van der Waals surface area contributed by atoms with E-state index in [-0.39, 0.29) is 11.8 Å². The third-order valence-corrected chi connectivity index (χ3v) is 4.90. The van der Waals surface area contributed by atoms with E-state index in [1.807, 2.05) is 80.1 Å². The molecule has 27 heavy (non-hydrogen) atoms. The fourth-order valence-corrected chi connectivity index (χ4v) is 3.46. The fourth-order valence-electron chi connectivity index (χ4n) is 3.46. The van der Waals surface area contributed by atoms with Crippen LogP contribution < -0.4 is 5.32 Å². The maximum Gasteiger partial charge on any atom is 0.186 e. The summed E-state index contributed by atoms with van der Waals surface area (Å²) in [6.07, 6.45) is 1.79. The smallest absolute Gasteiger partial charge is 0.186 e. The Hall–Kier alpha value is -3.34. The number of aromatic nitrogens is 3. The van der Waals surface area contributed by atoms with Crippen LogP contribution in [0.5, 0.6) is 0 Å². The van der Waals surface area contributed by atoms with Gasteiger partial charge in [-0.1, -0.05) is 36.4 Å². The van der Waals surface area contributed by atoms with Gasteiger partial charge >= 0.3 is 0 Å². The topological polar surface area (TPSA) is 62.7 Å². The normalized spacial score (nSPS) is 12.3. The second kappa shape index (κ2) is 6.76. The predicted molar refractivity (Wildman–Crippen MR) is 109 cm³/mol. The van der Waals surface area contributed by atoms with Crippen LogP contribution in [0.15, 0.2) is 60.8 Å². The molecule has 0 radical (unpaired) electrons. The van der Waals surface area contributed by atoms with Crippen molar-refractivity contribution >= 4 is 22.4 Å². The summed E-state index contributed by atoms with van der Waals surface area (Å²) in [7, 11) is 0. The first-order valence-corrected chi connectivity index (χ1v) is 9.05. The van der Waals surface area contributed by atoms with Crippen molar-refractivity contribution in [3.05, 3.63) is 77.7 Å². The summed E-state index contributed by atoms with van der Waals surface area (Å²) < 4.78 is 1.90. The van der Waals surface area contributed by atoms with Crippen molar-refractivity contribution in [1.29, 1.82) is 0 Å². The van der Waals surface area contributed by atoms with E-state index in [2.05, 4.69) is 15.4 Å². The van der Waals surface area contributed by atoms with Gasteiger partial charge < -0.3 is 10.3 Å². The molecule has 0 saturated heterocycles. The van der Waals surface area contributed by atoms with E-state index in [9.17, 15) is 4.79 Å². The molecule has 0 bridgehead atoms. The molecule has 5 nitrogen and oxygen atoms in total. The average molecular weight is 358 g/mol. The number of aryl methyl sites for hydroxylation is 1. The highest BCUT2D eigenvalue weighted by molar-refractivity contribution is 6.11. The van der Waals surface area contributed by atoms with Crippen LogP contribution in [0.4, 0.5) is 5.69 Å². The van der Waals surface area contributed by atoms with Crippen LogP contribution in [0.2, 0.25) is 0 Å². The molecular weight excluding hydrogens is 336 g/mol. The van der Waals surface area contributed by atoms with Crippen LogP contribution in [-0.4, -0.2) is 26.6 Å². The lowest BCUT2D eigenvalue weighted by atomic mass is 10.0. The summed E-state index contributed by atoms with van der Waals surface area (Å²) in [4.78, 5) is 16.2. The molecule has 5 heteroatoms. The lowest BCUT2D eigenvalue weighted by molar-refractivity contribution is 0.0977. The minimum atomic E-state index is -0.366. The molecule has 0 fully saturated rings. The molecule has 4 rings (SSSR count). The van der Waals surface area contributed by atoms with Gasteiger partial charge in [-0.25, -0.2) is 4.68 Å². The number of ketones is 1. The first-order chi connectivity index (χ1) is 13.1. The molecule has 0 unspecified atom stereocenters. The van der Waals surface area contributed by atoms with E-state index in [1.54, 1.807) is 6.20 Å². The summed E-state index contributed by atoms with van der Waals surface area (Å²) >= 11 is 0. The number of Topliss-reactive ketones (excluding diaryl/α,β-unsaturated/α-hetero) is 1. The highest BCUT2D eigenvalue weighted by Gasteiger charge is 2.21. The lowest BCUT2D eigenvalue weighted by Crippen LogP contribution is -2.26. The fraction of sp³-hybridized carbons (Fsp3) is 0.182. The van der Waals surface area contributed by atoms with E-state index in [4.69, 9.17) is 0 Å². The van der Waals surface area contributed by atoms with Crippen LogP contribution >= 0.6 is 0 Å². The first kappa shape index (κ1) is 17.1. The molecule has 0 aliphatic rings. The van der Waals surface area contributed by atoms with Gasteiger partial charge in [0.25, 0.3) is 0 Å². The number of carbonyl (C=O) groups excluding carboxylic acids is 1. The van der Waals surface area contributed by atoms with Gasteiger partial charge in [-0.05, 0) is 39.0 Å². The molecule has 0 amide bonds. The Labute approximate surface area is 158 Å². The third kappa shape index (κ3) is 3.01. The summed E-state index contributed by atoms with van der Waals surface area (Å²) in [5.74, 6) is 0.0544. The standard InChI is InChI=1S/C22H22N4O/c1-14-21(16(3)26(25-14)17-9-5-4-6-10-17)24-15(2)22(27)19-13-23-20-12-8-7-11-18(19)20/h4-13,15,23-24H,1-3H3/t15-/m1/s1. The van der Waals surface area contributed by atoms with Gasteiger partial charge in [0.2, 0.25) is 0 Å². The third-order valence-electron chi connectivity index (χ3n) is 4.90. The molecule has 1 atom stereocenters. The molecule has 0 spiro atoms. The second-order valence-electron chi connectivity index (χ2n) is 6.77.